The number of benzene rings is 2. The Labute approximate surface area is 172 Å². The maximum absolute atomic E-state index is 6.28. The van der Waals surface area contributed by atoms with Crippen LogP contribution >= 0.6 is 23.5 Å². The molecule has 0 unspecified atom stereocenters. The predicted molar refractivity (Wildman–Crippen MR) is 119 cm³/mol. The van der Waals surface area contributed by atoms with E-state index in [-0.39, 0.29) is 5.95 Å². The van der Waals surface area contributed by atoms with Gasteiger partial charge in [0, 0.05) is 29.1 Å². The topological polar surface area (TPSA) is 64.9 Å². The first-order chi connectivity index (χ1) is 13.8. The fraction of sp³-hybridized carbons (Fsp3) is 0.182. The van der Waals surface area contributed by atoms with E-state index in [0.717, 1.165) is 40.0 Å². The normalized spacial score (nSPS) is 14.7. The van der Waals surface area contributed by atoms with Gasteiger partial charge in [-0.15, -0.1) is 23.5 Å². The van der Waals surface area contributed by atoms with Gasteiger partial charge in [0.15, 0.2) is 0 Å². The highest BCUT2D eigenvalue weighted by atomic mass is 32.2. The van der Waals surface area contributed by atoms with Crippen LogP contribution in [-0.2, 0) is 6.42 Å². The van der Waals surface area contributed by atoms with Crippen molar-refractivity contribution in [1.29, 1.82) is 0 Å². The lowest BCUT2D eigenvalue weighted by atomic mass is 9.98. The smallest absolute Gasteiger partial charge is 0.232 e. The quantitative estimate of drug-likeness (QED) is 0.484. The summed E-state index contributed by atoms with van der Waals surface area (Å²) < 4.78 is 6.78. The van der Waals surface area contributed by atoms with Crippen LogP contribution in [0, 0.1) is 0 Å². The van der Waals surface area contributed by atoms with E-state index in [4.69, 9.17) is 10.2 Å². The number of thioether (sulfide) groups is 2. The van der Waals surface area contributed by atoms with E-state index in [1.165, 1.54) is 11.5 Å². The van der Waals surface area contributed by atoms with Gasteiger partial charge in [0.05, 0.1) is 15.7 Å². The Hall–Kier alpha value is -2.44. The number of nitrogens with two attached hydrogens (primary N) is 1. The molecule has 5 rings (SSSR count). The summed E-state index contributed by atoms with van der Waals surface area (Å²) in [6.45, 7) is 0. The Morgan fingerprint density at radius 3 is 2.21 bits per heavy atom. The van der Waals surface area contributed by atoms with E-state index < -0.39 is 0 Å². The Bertz CT molecular complexity index is 1110. The van der Waals surface area contributed by atoms with E-state index in [1.807, 2.05) is 59.9 Å². The van der Waals surface area contributed by atoms with E-state index in [2.05, 4.69) is 34.2 Å². The Kier molecular flexibility index (Phi) is 4.74. The number of hydrogen-bond donors (Lipinski definition) is 1. The fourth-order valence-corrected chi connectivity index (χ4v) is 6.40. The van der Waals surface area contributed by atoms with Gasteiger partial charge in [-0.3, -0.25) is 0 Å². The average molecular weight is 406 g/mol. The van der Waals surface area contributed by atoms with Gasteiger partial charge in [0.2, 0.25) is 11.7 Å². The molecule has 0 aliphatic carbocycles. The highest BCUT2D eigenvalue weighted by Gasteiger charge is 2.25. The molecule has 2 N–H and O–H groups in total. The monoisotopic (exact) mass is 405 g/mol. The molecule has 0 radical (unpaired) electrons. The van der Waals surface area contributed by atoms with Gasteiger partial charge >= 0.3 is 0 Å². The van der Waals surface area contributed by atoms with Crippen LogP contribution in [0.5, 0.6) is 0 Å². The molecule has 6 heteroatoms. The number of nitrogens with zero attached hydrogens (tertiary/aromatic N) is 2. The molecule has 140 valence electrons. The third-order valence-corrected chi connectivity index (χ3v) is 7.82. The second-order valence-electron chi connectivity index (χ2n) is 6.62. The number of furan rings is 1. The number of fused-ring (bicyclic) bond motifs is 1. The van der Waals surface area contributed by atoms with Crippen LogP contribution in [0.4, 0.5) is 5.95 Å². The van der Waals surface area contributed by atoms with Crippen LogP contribution in [0.2, 0.25) is 0 Å². The molecular weight excluding hydrogens is 386 g/mol. The number of rotatable bonds is 4. The average Bonchev–Trinajstić information content (AvgIpc) is 3.37. The predicted octanol–water partition coefficient (Wildman–Crippen LogP) is 5.49. The molecule has 0 saturated carbocycles. The number of hydrogen-bond acceptors (Lipinski definition) is 6. The maximum Gasteiger partial charge on any atom is 0.232 e. The van der Waals surface area contributed by atoms with Crippen molar-refractivity contribution in [3.63, 3.8) is 0 Å². The lowest BCUT2D eigenvalue weighted by Crippen LogP contribution is -2.05. The molecule has 2 aromatic heterocycles. The summed E-state index contributed by atoms with van der Waals surface area (Å²) >= 11 is 3.98. The number of nitrogen functional groups attached to an aromatic ring is 1. The summed E-state index contributed by atoms with van der Waals surface area (Å²) in [4.78, 5) is 9.07. The van der Waals surface area contributed by atoms with Crippen molar-refractivity contribution < 1.29 is 4.42 Å². The molecule has 1 saturated heterocycles. The zero-order valence-corrected chi connectivity index (χ0v) is 16.8. The lowest BCUT2D eigenvalue weighted by molar-refractivity contribution is 0.618. The van der Waals surface area contributed by atoms with Crippen molar-refractivity contribution in [1.82, 2.24) is 9.97 Å². The SMILES string of the molecule is Nc1nc(CC2SCCS2)c2c(-c3ccccc3)c(-c3ccccc3)oc2n1. The molecule has 1 fully saturated rings. The summed E-state index contributed by atoms with van der Waals surface area (Å²) in [5, 5.41) is 0.979. The van der Waals surface area contributed by atoms with E-state index in [0.29, 0.717) is 10.3 Å². The zero-order valence-electron chi connectivity index (χ0n) is 15.2. The molecule has 1 aliphatic rings. The summed E-state index contributed by atoms with van der Waals surface area (Å²) in [5.74, 6) is 3.45. The molecule has 3 heterocycles. The molecular formula is C22H19N3OS2. The van der Waals surface area contributed by atoms with Gasteiger partial charge in [-0.1, -0.05) is 60.7 Å². The van der Waals surface area contributed by atoms with Crippen molar-refractivity contribution >= 4 is 40.6 Å². The van der Waals surface area contributed by atoms with Gasteiger partial charge in [0.25, 0.3) is 0 Å². The minimum Gasteiger partial charge on any atom is -0.437 e. The number of aromatic nitrogens is 2. The first-order valence-electron chi connectivity index (χ1n) is 9.22. The van der Waals surface area contributed by atoms with Crippen LogP contribution < -0.4 is 5.73 Å². The Morgan fingerprint density at radius 1 is 0.893 bits per heavy atom. The Morgan fingerprint density at radius 2 is 1.54 bits per heavy atom. The van der Waals surface area contributed by atoms with Crippen LogP contribution in [0.3, 0.4) is 0 Å². The van der Waals surface area contributed by atoms with Crippen molar-refractivity contribution in [3.8, 4) is 22.5 Å². The minimum absolute atomic E-state index is 0.267. The number of anilines is 1. The standard InChI is InChI=1S/C22H19N3OS2/c23-22-24-16(13-17-27-11-12-28-17)19-18(14-7-3-1-4-8-14)20(26-21(19)25-22)15-9-5-2-6-10-15/h1-10,17H,11-13H2,(H2,23,24,25). The van der Waals surface area contributed by atoms with E-state index >= 15 is 0 Å². The summed E-state index contributed by atoms with van der Waals surface area (Å²) in [7, 11) is 0. The Balaban J connectivity index is 1.78. The van der Waals surface area contributed by atoms with Crippen molar-refractivity contribution in [2.24, 2.45) is 0 Å². The van der Waals surface area contributed by atoms with Crippen molar-refractivity contribution in [2.45, 2.75) is 11.0 Å². The molecule has 0 spiro atoms. The van der Waals surface area contributed by atoms with Gasteiger partial charge in [0.1, 0.15) is 5.76 Å². The largest absolute Gasteiger partial charge is 0.437 e. The third-order valence-electron chi connectivity index (χ3n) is 4.79. The van der Waals surface area contributed by atoms with Crippen LogP contribution in [0.25, 0.3) is 33.6 Å². The summed E-state index contributed by atoms with van der Waals surface area (Å²) in [6, 6.07) is 20.5. The maximum atomic E-state index is 6.28. The molecule has 4 aromatic rings. The summed E-state index contributed by atoms with van der Waals surface area (Å²) in [6.07, 6.45) is 0.853. The summed E-state index contributed by atoms with van der Waals surface area (Å²) in [5.41, 5.74) is 10.7. The third kappa shape index (κ3) is 3.27. The van der Waals surface area contributed by atoms with Crippen molar-refractivity contribution in [2.75, 3.05) is 17.2 Å². The van der Waals surface area contributed by atoms with Gasteiger partial charge in [-0.2, -0.15) is 4.98 Å². The van der Waals surface area contributed by atoms with Crippen molar-refractivity contribution in [3.05, 3.63) is 66.4 Å². The minimum atomic E-state index is 0.267. The van der Waals surface area contributed by atoms with Crippen LogP contribution in [0.1, 0.15) is 5.69 Å². The molecule has 1 aliphatic heterocycles. The molecule has 0 amide bonds. The molecule has 0 bridgehead atoms. The van der Waals surface area contributed by atoms with Crippen LogP contribution in [0.15, 0.2) is 65.1 Å². The highest BCUT2D eigenvalue weighted by Crippen LogP contribution is 2.43. The highest BCUT2D eigenvalue weighted by molar-refractivity contribution is 8.20. The van der Waals surface area contributed by atoms with E-state index in [9.17, 15) is 0 Å². The van der Waals surface area contributed by atoms with Gasteiger partial charge in [-0.05, 0) is 5.56 Å². The van der Waals surface area contributed by atoms with Gasteiger partial charge < -0.3 is 10.2 Å². The molecule has 2 aromatic carbocycles. The molecule has 4 nitrogen and oxygen atoms in total. The van der Waals surface area contributed by atoms with E-state index in [1.54, 1.807) is 0 Å². The second kappa shape index (κ2) is 7.53. The fourth-order valence-electron chi connectivity index (χ4n) is 3.59. The first kappa shape index (κ1) is 17.6. The molecule has 0 atom stereocenters. The molecule has 28 heavy (non-hydrogen) atoms. The lowest BCUT2D eigenvalue weighted by Gasteiger charge is -2.10. The second-order valence-corrected chi connectivity index (χ2v) is 9.54. The van der Waals surface area contributed by atoms with Gasteiger partial charge in [-0.25, -0.2) is 4.98 Å². The zero-order chi connectivity index (χ0) is 18.9. The first-order valence-corrected chi connectivity index (χ1v) is 11.3. The van der Waals surface area contributed by atoms with Crippen LogP contribution in [-0.4, -0.2) is 26.1 Å².